The third kappa shape index (κ3) is 8.15. The Kier molecular flexibility index (Phi) is 9.50. The summed E-state index contributed by atoms with van der Waals surface area (Å²) >= 11 is 0. The van der Waals surface area contributed by atoms with Crippen LogP contribution in [0, 0.1) is 17.1 Å². The van der Waals surface area contributed by atoms with Crippen molar-refractivity contribution in [3.63, 3.8) is 0 Å². The largest absolute Gasteiger partial charge is 0.473 e. The number of carbonyl (C=O) groups excluding carboxylic acids is 1. The highest BCUT2D eigenvalue weighted by Crippen LogP contribution is 2.29. The van der Waals surface area contributed by atoms with Crippen molar-refractivity contribution < 1.29 is 29.0 Å². The molecule has 4 rings (SSSR count). The maximum Gasteiger partial charge on any atom is 0.414 e. The molecule has 0 radical (unpaired) electrons. The molecule has 0 atom stereocenters. The molecule has 1 saturated carbocycles. The quantitative estimate of drug-likeness (QED) is 0.559. The Hall–Kier alpha value is -3.81. The van der Waals surface area contributed by atoms with Gasteiger partial charge in [0.05, 0.1) is 18.2 Å². The third-order valence-electron chi connectivity index (χ3n) is 6.10. The van der Waals surface area contributed by atoms with Gasteiger partial charge in [0.25, 0.3) is 0 Å². The minimum atomic E-state index is -1.82. The van der Waals surface area contributed by atoms with Crippen LogP contribution in [0.2, 0.25) is 0 Å². The van der Waals surface area contributed by atoms with Gasteiger partial charge >= 0.3 is 11.9 Å². The fourth-order valence-electron chi connectivity index (χ4n) is 3.95. The molecule has 1 amide bonds. The highest BCUT2D eigenvalue weighted by molar-refractivity contribution is 6.27. The van der Waals surface area contributed by atoms with Crippen LogP contribution in [0.3, 0.4) is 0 Å². The van der Waals surface area contributed by atoms with Crippen LogP contribution in [0.4, 0.5) is 4.39 Å². The molecular weight excluding hydrogens is 467 g/mol. The number of amides is 1. The SMILES string of the molecule is N#Cc1ccc(CN2CCN(CC(=O)N(Cc3ccccc3F)C3CC3)CC2)cc1.O=C(O)C(=O)O. The lowest BCUT2D eigenvalue weighted by Crippen LogP contribution is -2.50. The second kappa shape index (κ2) is 12.8. The number of carboxylic acid groups (broad SMARTS) is 2. The second-order valence-electron chi connectivity index (χ2n) is 8.82. The van der Waals surface area contributed by atoms with Crippen molar-refractivity contribution in [2.75, 3.05) is 32.7 Å². The van der Waals surface area contributed by atoms with Gasteiger partial charge in [0.1, 0.15) is 5.82 Å². The van der Waals surface area contributed by atoms with E-state index in [1.54, 1.807) is 12.1 Å². The van der Waals surface area contributed by atoms with Gasteiger partial charge in [0.2, 0.25) is 5.91 Å². The summed E-state index contributed by atoms with van der Waals surface area (Å²) in [6.45, 7) is 5.12. The number of carbonyl (C=O) groups is 3. The van der Waals surface area contributed by atoms with Crippen LogP contribution >= 0.6 is 0 Å². The normalized spacial score (nSPS) is 15.8. The van der Waals surface area contributed by atoms with E-state index in [-0.39, 0.29) is 17.8 Å². The van der Waals surface area contributed by atoms with Crippen molar-refractivity contribution in [3.8, 4) is 6.07 Å². The average molecular weight is 497 g/mol. The molecule has 1 saturated heterocycles. The summed E-state index contributed by atoms with van der Waals surface area (Å²) in [5.74, 6) is -3.79. The lowest BCUT2D eigenvalue weighted by Gasteiger charge is -2.35. The summed E-state index contributed by atoms with van der Waals surface area (Å²) in [5, 5.41) is 23.7. The zero-order valence-electron chi connectivity index (χ0n) is 19.8. The fraction of sp³-hybridized carbons (Fsp3) is 0.385. The molecule has 9 nitrogen and oxygen atoms in total. The molecule has 0 bridgehead atoms. The number of piperazine rings is 1. The zero-order chi connectivity index (χ0) is 26.1. The average Bonchev–Trinajstić information content (AvgIpc) is 3.71. The summed E-state index contributed by atoms with van der Waals surface area (Å²) < 4.78 is 14.1. The van der Waals surface area contributed by atoms with Crippen LogP contribution < -0.4 is 0 Å². The third-order valence-corrected chi connectivity index (χ3v) is 6.10. The molecule has 2 aromatic carbocycles. The zero-order valence-corrected chi connectivity index (χ0v) is 19.8. The number of nitriles is 1. The molecule has 36 heavy (non-hydrogen) atoms. The maximum absolute atomic E-state index is 14.1. The molecule has 190 valence electrons. The Morgan fingerprint density at radius 1 is 0.944 bits per heavy atom. The van der Waals surface area contributed by atoms with Crippen LogP contribution in [0.1, 0.15) is 29.5 Å². The molecule has 0 spiro atoms. The van der Waals surface area contributed by atoms with Gasteiger partial charge in [-0.3, -0.25) is 14.6 Å². The molecule has 0 aromatic heterocycles. The van der Waals surface area contributed by atoms with Crippen LogP contribution in [0.5, 0.6) is 0 Å². The molecule has 2 fully saturated rings. The van der Waals surface area contributed by atoms with Gasteiger partial charge in [-0.05, 0) is 36.6 Å². The molecule has 2 N–H and O–H groups in total. The van der Waals surface area contributed by atoms with E-state index in [0.717, 1.165) is 45.6 Å². The van der Waals surface area contributed by atoms with E-state index in [9.17, 15) is 9.18 Å². The fourth-order valence-corrected chi connectivity index (χ4v) is 3.95. The molecule has 2 aromatic rings. The van der Waals surface area contributed by atoms with E-state index in [1.807, 2.05) is 35.2 Å². The summed E-state index contributed by atoms with van der Waals surface area (Å²) in [6, 6.07) is 16.8. The van der Waals surface area contributed by atoms with Gasteiger partial charge in [0.15, 0.2) is 0 Å². The Morgan fingerprint density at radius 2 is 1.53 bits per heavy atom. The Morgan fingerprint density at radius 3 is 2.06 bits per heavy atom. The predicted octanol–water partition coefficient (Wildman–Crippen LogP) is 2.16. The van der Waals surface area contributed by atoms with E-state index < -0.39 is 11.9 Å². The minimum Gasteiger partial charge on any atom is -0.473 e. The number of halogens is 1. The smallest absolute Gasteiger partial charge is 0.414 e. The summed E-state index contributed by atoms with van der Waals surface area (Å²) in [6.07, 6.45) is 2.02. The predicted molar refractivity (Wildman–Crippen MR) is 128 cm³/mol. The van der Waals surface area contributed by atoms with Crippen LogP contribution in [-0.4, -0.2) is 81.5 Å². The molecule has 1 aliphatic carbocycles. The van der Waals surface area contributed by atoms with Crippen molar-refractivity contribution in [2.24, 2.45) is 0 Å². The van der Waals surface area contributed by atoms with Crippen LogP contribution in [-0.2, 0) is 27.5 Å². The number of hydrogen-bond acceptors (Lipinski definition) is 6. The monoisotopic (exact) mass is 496 g/mol. The van der Waals surface area contributed by atoms with Crippen molar-refractivity contribution in [1.29, 1.82) is 5.26 Å². The number of hydrogen-bond donors (Lipinski definition) is 2. The van der Waals surface area contributed by atoms with Gasteiger partial charge in [-0.25, -0.2) is 14.0 Å². The van der Waals surface area contributed by atoms with Crippen molar-refractivity contribution >= 4 is 17.8 Å². The standard InChI is InChI=1S/C24H27FN4O.C2H2O4/c25-23-4-2-1-3-21(23)17-29(22-9-10-22)24(30)18-28-13-11-27(12-14-28)16-20-7-5-19(15-26)6-8-20;3-1(4)2(5)6/h1-8,22H,9-14,16-18H2;(H,3,4)(H,5,6). The van der Waals surface area contributed by atoms with Crippen molar-refractivity contribution in [3.05, 3.63) is 71.0 Å². The van der Waals surface area contributed by atoms with Gasteiger partial charge in [-0.2, -0.15) is 5.26 Å². The van der Waals surface area contributed by atoms with E-state index in [2.05, 4.69) is 15.9 Å². The van der Waals surface area contributed by atoms with E-state index >= 15 is 0 Å². The molecule has 1 aliphatic heterocycles. The number of carboxylic acids is 2. The molecule has 1 heterocycles. The Bertz CT molecular complexity index is 1090. The first-order valence-corrected chi connectivity index (χ1v) is 11.7. The van der Waals surface area contributed by atoms with E-state index in [1.165, 1.54) is 11.6 Å². The van der Waals surface area contributed by atoms with Gasteiger partial charge in [0, 0.05) is 50.9 Å². The molecular formula is C26H29FN4O5. The molecule has 0 unspecified atom stereocenters. The van der Waals surface area contributed by atoms with Crippen molar-refractivity contribution in [1.82, 2.24) is 14.7 Å². The topological polar surface area (TPSA) is 125 Å². The number of nitrogens with zero attached hydrogens (tertiary/aromatic N) is 4. The first-order valence-electron chi connectivity index (χ1n) is 11.7. The first kappa shape index (κ1) is 26.8. The lowest BCUT2D eigenvalue weighted by atomic mass is 10.1. The number of benzene rings is 2. The summed E-state index contributed by atoms with van der Waals surface area (Å²) in [5.41, 5.74) is 2.46. The molecule has 10 heteroatoms. The lowest BCUT2D eigenvalue weighted by molar-refractivity contribution is -0.159. The highest BCUT2D eigenvalue weighted by atomic mass is 19.1. The first-order chi connectivity index (χ1) is 17.3. The maximum atomic E-state index is 14.1. The van der Waals surface area contributed by atoms with Gasteiger partial charge in [-0.15, -0.1) is 0 Å². The van der Waals surface area contributed by atoms with Crippen LogP contribution in [0.25, 0.3) is 0 Å². The molecule has 2 aliphatic rings. The highest BCUT2D eigenvalue weighted by Gasteiger charge is 2.34. The van der Waals surface area contributed by atoms with Crippen LogP contribution in [0.15, 0.2) is 48.5 Å². The second-order valence-corrected chi connectivity index (χ2v) is 8.82. The summed E-state index contributed by atoms with van der Waals surface area (Å²) in [4.78, 5) is 37.6. The van der Waals surface area contributed by atoms with Gasteiger partial charge < -0.3 is 15.1 Å². The van der Waals surface area contributed by atoms with Gasteiger partial charge in [-0.1, -0.05) is 30.3 Å². The Balaban J connectivity index is 0.000000538. The van der Waals surface area contributed by atoms with E-state index in [4.69, 9.17) is 25.1 Å². The van der Waals surface area contributed by atoms with Crippen molar-refractivity contribution in [2.45, 2.75) is 32.0 Å². The number of rotatable bonds is 7. The number of aliphatic carboxylic acids is 2. The van der Waals surface area contributed by atoms with E-state index in [0.29, 0.717) is 24.2 Å². The Labute approximate surface area is 209 Å². The minimum absolute atomic E-state index is 0.0984. The summed E-state index contributed by atoms with van der Waals surface area (Å²) in [7, 11) is 0.